The van der Waals surface area contributed by atoms with E-state index >= 15 is 0 Å². The third-order valence-corrected chi connectivity index (χ3v) is 8.86. The van der Waals surface area contributed by atoms with Crippen LogP contribution in [0.5, 0.6) is 0 Å². The number of aromatic nitrogens is 2. The largest absolute Gasteiger partial charge is 0.264 e. The van der Waals surface area contributed by atoms with Crippen LogP contribution in [0.15, 0.2) is 65.3 Å². The SMILES string of the molecule is CC(C[SH](S)c1nc2ccccc2s1)c1ccc2cnccc2c1. The summed E-state index contributed by atoms with van der Waals surface area (Å²) >= 11 is 6.67. The van der Waals surface area contributed by atoms with E-state index in [0.717, 1.165) is 11.3 Å². The molecule has 4 aromatic rings. The Hall–Kier alpha value is -1.56. The fourth-order valence-electron chi connectivity index (χ4n) is 2.82. The summed E-state index contributed by atoms with van der Waals surface area (Å²) in [5.74, 6) is 1.49. The lowest BCUT2D eigenvalue weighted by molar-refractivity contribution is 0.881. The molecule has 4 rings (SSSR count). The van der Waals surface area contributed by atoms with Gasteiger partial charge in [0.2, 0.25) is 0 Å². The number of rotatable bonds is 4. The van der Waals surface area contributed by atoms with Crippen LogP contribution in [0.25, 0.3) is 21.0 Å². The predicted octanol–water partition coefficient (Wildman–Crippen LogP) is 5.85. The molecule has 0 spiro atoms. The van der Waals surface area contributed by atoms with Gasteiger partial charge in [0, 0.05) is 17.8 Å². The third-order valence-electron chi connectivity index (χ3n) is 4.18. The van der Waals surface area contributed by atoms with Gasteiger partial charge < -0.3 is 0 Å². The van der Waals surface area contributed by atoms with E-state index in [9.17, 15) is 0 Å². The summed E-state index contributed by atoms with van der Waals surface area (Å²) < 4.78 is 2.42. The van der Waals surface area contributed by atoms with Crippen molar-refractivity contribution in [3.05, 3.63) is 66.5 Å². The summed E-state index contributed by atoms with van der Waals surface area (Å²) in [5.41, 5.74) is 2.45. The molecule has 0 N–H and O–H groups in total. The lowest BCUT2D eigenvalue weighted by Crippen LogP contribution is -1.99. The Balaban J connectivity index is 1.56. The molecule has 24 heavy (non-hydrogen) atoms. The summed E-state index contributed by atoms with van der Waals surface area (Å²) in [5, 5.41) is 2.44. The molecule has 2 atom stereocenters. The van der Waals surface area contributed by atoms with Crippen molar-refractivity contribution in [1.29, 1.82) is 0 Å². The minimum Gasteiger partial charge on any atom is -0.264 e. The van der Waals surface area contributed by atoms with Gasteiger partial charge in [0.1, 0.15) is 4.34 Å². The van der Waals surface area contributed by atoms with Crippen LogP contribution in [-0.2, 0) is 0 Å². The van der Waals surface area contributed by atoms with E-state index in [1.807, 2.05) is 18.5 Å². The summed E-state index contributed by atoms with van der Waals surface area (Å²) in [7, 11) is -0.539. The molecule has 2 aromatic carbocycles. The van der Waals surface area contributed by atoms with E-state index in [-0.39, 0.29) is 0 Å². The van der Waals surface area contributed by atoms with Gasteiger partial charge in [0.25, 0.3) is 0 Å². The Bertz CT molecular complexity index is 963. The molecule has 0 saturated heterocycles. The van der Waals surface area contributed by atoms with E-state index in [2.05, 4.69) is 54.4 Å². The Morgan fingerprint density at radius 2 is 2.00 bits per heavy atom. The molecule has 0 saturated carbocycles. The van der Waals surface area contributed by atoms with E-state index < -0.39 is 9.93 Å². The Kier molecular flexibility index (Phi) is 4.48. The highest BCUT2D eigenvalue weighted by molar-refractivity contribution is 8.78. The molecule has 0 aliphatic carbocycles. The second-order valence-electron chi connectivity index (χ2n) is 5.93. The normalized spacial score (nSPS) is 14.8. The Labute approximate surface area is 153 Å². The van der Waals surface area contributed by atoms with Crippen molar-refractivity contribution in [2.45, 2.75) is 17.2 Å². The van der Waals surface area contributed by atoms with Crippen LogP contribution >= 0.6 is 32.9 Å². The zero-order chi connectivity index (χ0) is 16.5. The first kappa shape index (κ1) is 15.9. The van der Waals surface area contributed by atoms with Gasteiger partial charge in [-0.25, -0.2) is 4.98 Å². The van der Waals surface area contributed by atoms with Gasteiger partial charge >= 0.3 is 0 Å². The maximum atomic E-state index is 4.90. The van der Waals surface area contributed by atoms with Crippen LogP contribution in [0.2, 0.25) is 0 Å². The highest BCUT2D eigenvalue weighted by atomic mass is 33.1. The lowest BCUT2D eigenvalue weighted by Gasteiger charge is -2.18. The second kappa shape index (κ2) is 6.75. The molecular formula is C19H18N2S3. The number of benzene rings is 2. The lowest BCUT2D eigenvalue weighted by atomic mass is 10.0. The van der Waals surface area contributed by atoms with Crippen LogP contribution in [-0.4, -0.2) is 15.7 Å². The van der Waals surface area contributed by atoms with Gasteiger partial charge in [-0.05, 0) is 40.8 Å². The highest BCUT2D eigenvalue weighted by Crippen LogP contribution is 2.47. The number of para-hydroxylation sites is 1. The number of fused-ring (bicyclic) bond motifs is 2. The monoisotopic (exact) mass is 370 g/mol. The molecule has 5 heteroatoms. The first-order valence-corrected chi connectivity index (χ1v) is 11.4. The average Bonchev–Trinajstić information content (AvgIpc) is 3.05. The fraction of sp³-hybridized carbons (Fsp3) is 0.158. The molecule has 0 fully saturated rings. The van der Waals surface area contributed by atoms with Gasteiger partial charge in [-0.2, -0.15) is 9.93 Å². The number of thiazole rings is 1. The minimum absolute atomic E-state index is 0.457. The van der Waals surface area contributed by atoms with E-state index in [0.29, 0.717) is 5.92 Å². The van der Waals surface area contributed by atoms with Gasteiger partial charge in [-0.3, -0.25) is 4.98 Å². The van der Waals surface area contributed by atoms with Crippen molar-refractivity contribution in [2.75, 3.05) is 5.75 Å². The van der Waals surface area contributed by atoms with Gasteiger partial charge in [-0.1, -0.05) is 37.3 Å². The van der Waals surface area contributed by atoms with E-state index in [4.69, 9.17) is 16.6 Å². The number of thiol groups is 2. The van der Waals surface area contributed by atoms with Crippen molar-refractivity contribution in [1.82, 2.24) is 9.97 Å². The van der Waals surface area contributed by atoms with Gasteiger partial charge in [-0.15, -0.1) is 23.0 Å². The summed E-state index contributed by atoms with van der Waals surface area (Å²) in [6.45, 7) is 2.28. The summed E-state index contributed by atoms with van der Waals surface area (Å²) in [6.07, 6.45) is 3.76. The van der Waals surface area contributed by atoms with Gasteiger partial charge in [0.05, 0.1) is 10.2 Å². The maximum absolute atomic E-state index is 4.90. The summed E-state index contributed by atoms with van der Waals surface area (Å²) in [4.78, 5) is 8.95. The second-order valence-corrected chi connectivity index (χ2v) is 10.3. The highest BCUT2D eigenvalue weighted by Gasteiger charge is 2.14. The van der Waals surface area contributed by atoms with E-state index in [1.54, 1.807) is 11.3 Å². The molecule has 2 nitrogen and oxygen atoms in total. The fourth-order valence-corrected chi connectivity index (χ4v) is 6.81. The molecule has 0 radical (unpaired) electrons. The van der Waals surface area contributed by atoms with Crippen molar-refractivity contribution in [2.24, 2.45) is 0 Å². The number of pyridine rings is 1. The smallest absolute Gasteiger partial charge is 0.140 e. The molecule has 0 bridgehead atoms. The van der Waals surface area contributed by atoms with Crippen molar-refractivity contribution >= 4 is 53.9 Å². The average molecular weight is 371 g/mol. The van der Waals surface area contributed by atoms with Crippen LogP contribution in [0.3, 0.4) is 0 Å². The van der Waals surface area contributed by atoms with Gasteiger partial charge in [0.15, 0.2) is 0 Å². The van der Waals surface area contributed by atoms with E-state index in [1.165, 1.54) is 25.4 Å². The van der Waals surface area contributed by atoms with Crippen molar-refractivity contribution < 1.29 is 0 Å². The first-order valence-electron chi connectivity index (χ1n) is 7.86. The zero-order valence-corrected chi connectivity index (χ0v) is 15.9. The molecule has 0 aliphatic rings. The van der Waals surface area contributed by atoms with Crippen LogP contribution in [0.1, 0.15) is 18.4 Å². The van der Waals surface area contributed by atoms with Crippen molar-refractivity contribution in [3.8, 4) is 0 Å². The topological polar surface area (TPSA) is 25.8 Å². The Morgan fingerprint density at radius 3 is 2.88 bits per heavy atom. The van der Waals surface area contributed by atoms with Crippen LogP contribution in [0, 0.1) is 0 Å². The molecular weight excluding hydrogens is 352 g/mol. The summed E-state index contributed by atoms with van der Waals surface area (Å²) in [6, 6.07) is 17.0. The number of nitrogens with zero attached hydrogens (tertiary/aromatic N) is 2. The zero-order valence-electron chi connectivity index (χ0n) is 13.3. The number of hydrogen-bond donors (Lipinski definition) is 2. The standard InChI is InChI=1S/C19H18N2S3/c1-13(14-6-7-16-11-20-9-8-15(16)10-14)12-24(22)19-21-17-4-2-3-5-18(17)23-19/h2-11,13,22,24H,12H2,1H3. The van der Waals surface area contributed by atoms with Crippen LogP contribution < -0.4 is 0 Å². The Morgan fingerprint density at radius 1 is 1.12 bits per heavy atom. The molecule has 122 valence electrons. The third kappa shape index (κ3) is 3.16. The van der Waals surface area contributed by atoms with Crippen molar-refractivity contribution in [3.63, 3.8) is 0 Å². The molecule has 0 amide bonds. The predicted molar refractivity (Wildman–Crippen MR) is 111 cm³/mol. The maximum Gasteiger partial charge on any atom is 0.140 e. The molecule has 0 aliphatic heterocycles. The first-order chi connectivity index (χ1) is 11.7. The quantitative estimate of drug-likeness (QED) is 0.348. The molecule has 2 heterocycles. The van der Waals surface area contributed by atoms with Crippen LogP contribution in [0.4, 0.5) is 0 Å². The molecule has 2 aromatic heterocycles. The number of hydrogen-bond acceptors (Lipinski definition) is 4. The minimum atomic E-state index is -0.539. The molecule has 2 unspecified atom stereocenters.